The fraction of sp³-hybridized carbons (Fsp3) is 0.273. The third-order valence-corrected chi connectivity index (χ3v) is 3.21. The molecule has 0 fully saturated rings. The molecule has 0 aliphatic rings. The molecule has 0 aromatic carbocycles. The summed E-state index contributed by atoms with van der Waals surface area (Å²) < 4.78 is 0.791. The van der Waals surface area contributed by atoms with Gasteiger partial charge < -0.3 is 0 Å². The zero-order valence-electron chi connectivity index (χ0n) is 9.51. The fourth-order valence-electron chi connectivity index (χ4n) is 1.22. The summed E-state index contributed by atoms with van der Waals surface area (Å²) in [6.07, 6.45) is 2.56. The fourth-order valence-corrected chi connectivity index (χ4v) is 2.61. The smallest absolute Gasteiger partial charge is 0.194 e. The molecule has 0 amide bonds. The van der Waals surface area contributed by atoms with Crippen molar-refractivity contribution in [2.75, 3.05) is 0 Å². The predicted octanol–water partition coefficient (Wildman–Crippen LogP) is 3.05. The van der Waals surface area contributed by atoms with E-state index < -0.39 is 0 Å². The van der Waals surface area contributed by atoms with Crippen LogP contribution < -0.4 is 0 Å². The highest BCUT2D eigenvalue weighted by Crippen LogP contribution is 2.24. The van der Waals surface area contributed by atoms with Gasteiger partial charge in [-0.2, -0.15) is 0 Å². The van der Waals surface area contributed by atoms with E-state index in [0.717, 1.165) is 27.6 Å². The standard InChI is InChI=1S/C11H11BrN4S/c1-3-9-15-8(12)6-10(16-9)17-11-13-5-4-7(2)14-11/h4-6H,3H2,1-2H3. The topological polar surface area (TPSA) is 51.6 Å². The van der Waals surface area contributed by atoms with E-state index in [-0.39, 0.29) is 0 Å². The van der Waals surface area contributed by atoms with Crippen molar-refractivity contribution in [1.82, 2.24) is 19.9 Å². The van der Waals surface area contributed by atoms with Crippen molar-refractivity contribution >= 4 is 27.7 Å². The Morgan fingerprint density at radius 3 is 2.82 bits per heavy atom. The van der Waals surface area contributed by atoms with Crippen LogP contribution in [0.1, 0.15) is 18.4 Å². The normalized spacial score (nSPS) is 10.5. The summed E-state index contributed by atoms with van der Waals surface area (Å²) in [4.78, 5) is 17.2. The summed E-state index contributed by atoms with van der Waals surface area (Å²) in [5.74, 6) is 0.814. The van der Waals surface area contributed by atoms with Gasteiger partial charge in [-0.25, -0.2) is 19.9 Å². The van der Waals surface area contributed by atoms with E-state index in [9.17, 15) is 0 Å². The Morgan fingerprint density at radius 1 is 1.29 bits per heavy atom. The van der Waals surface area contributed by atoms with Crippen LogP contribution >= 0.6 is 27.7 Å². The van der Waals surface area contributed by atoms with Crippen LogP contribution in [0.25, 0.3) is 0 Å². The number of aryl methyl sites for hydroxylation is 2. The summed E-state index contributed by atoms with van der Waals surface area (Å²) in [6, 6.07) is 3.74. The SMILES string of the molecule is CCc1nc(Br)cc(Sc2nccc(C)n2)n1. The van der Waals surface area contributed by atoms with E-state index >= 15 is 0 Å². The molecule has 0 aliphatic heterocycles. The molecule has 6 heteroatoms. The third kappa shape index (κ3) is 3.47. The van der Waals surface area contributed by atoms with Crippen molar-refractivity contribution in [1.29, 1.82) is 0 Å². The average molecular weight is 311 g/mol. The lowest BCUT2D eigenvalue weighted by Gasteiger charge is -2.03. The quantitative estimate of drug-likeness (QED) is 0.644. The minimum absolute atomic E-state index is 0.706. The molecule has 2 heterocycles. The van der Waals surface area contributed by atoms with Crippen LogP contribution in [-0.2, 0) is 6.42 Å². The molecule has 2 aromatic rings. The van der Waals surface area contributed by atoms with Crippen LogP contribution in [0.4, 0.5) is 0 Å². The van der Waals surface area contributed by atoms with Gasteiger partial charge in [0.1, 0.15) is 15.5 Å². The first kappa shape index (κ1) is 12.4. The second-order valence-electron chi connectivity index (χ2n) is 3.38. The maximum atomic E-state index is 4.42. The minimum Gasteiger partial charge on any atom is -0.231 e. The average Bonchev–Trinajstić information content (AvgIpc) is 2.28. The Labute approximate surface area is 112 Å². The Balaban J connectivity index is 2.26. The summed E-state index contributed by atoms with van der Waals surface area (Å²) in [5.41, 5.74) is 0.950. The van der Waals surface area contributed by atoms with E-state index in [1.165, 1.54) is 11.8 Å². The van der Waals surface area contributed by atoms with Crippen molar-refractivity contribution in [3.63, 3.8) is 0 Å². The predicted molar refractivity (Wildman–Crippen MR) is 70.0 cm³/mol. The van der Waals surface area contributed by atoms with Crippen molar-refractivity contribution in [2.24, 2.45) is 0 Å². The van der Waals surface area contributed by atoms with E-state index in [0.29, 0.717) is 5.16 Å². The lowest BCUT2D eigenvalue weighted by Crippen LogP contribution is -1.96. The highest BCUT2D eigenvalue weighted by atomic mass is 79.9. The van der Waals surface area contributed by atoms with E-state index in [1.807, 2.05) is 26.0 Å². The highest BCUT2D eigenvalue weighted by molar-refractivity contribution is 9.10. The Bertz CT molecular complexity index is 533. The highest BCUT2D eigenvalue weighted by Gasteiger charge is 2.05. The number of rotatable bonds is 3. The molecule has 2 rings (SSSR count). The number of hydrogen-bond acceptors (Lipinski definition) is 5. The molecule has 2 aromatic heterocycles. The monoisotopic (exact) mass is 310 g/mol. The van der Waals surface area contributed by atoms with Crippen LogP contribution in [0.2, 0.25) is 0 Å². The maximum Gasteiger partial charge on any atom is 0.194 e. The second kappa shape index (κ2) is 5.55. The van der Waals surface area contributed by atoms with Gasteiger partial charge in [-0.3, -0.25) is 0 Å². The van der Waals surface area contributed by atoms with Gasteiger partial charge in [0.05, 0.1) is 0 Å². The van der Waals surface area contributed by atoms with Gasteiger partial charge >= 0.3 is 0 Å². The minimum atomic E-state index is 0.706. The first-order valence-electron chi connectivity index (χ1n) is 5.18. The number of hydrogen-bond donors (Lipinski definition) is 0. The van der Waals surface area contributed by atoms with Crippen LogP contribution in [0, 0.1) is 6.92 Å². The summed E-state index contributed by atoms with van der Waals surface area (Å²) >= 11 is 4.82. The molecule has 88 valence electrons. The van der Waals surface area contributed by atoms with Crippen molar-refractivity contribution < 1.29 is 0 Å². The number of nitrogens with zero attached hydrogens (tertiary/aromatic N) is 4. The molecule has 17 heavy (non-hydrogen) atoms. The molecule has 4 nitrogen and oxygen atoms in total. The zero-order chi connectivity index (χ0) is 12.3. The molecule has 0 spiro atoms. The molecular formula is C11H11BrN4S. The zero-order valence-corrected chi connectivity index (χ0v) is 11.9. The van der Waals surface area contributed by atoms with Gasteiger partial charge in [-0.05, 0) is 40.7 Å². The third-order valence-electron chi connectivity index (χ3n) is 2.00. The van der Waals surface area contributed by atoms with Crippen LogP contribution in [0.15, 0.2) is 33.1 Å². The van der Waals surface area contributed by atoms with Crippen molar-refractivity contribution in [3.05, 3.63) is 34.5 Å². The molecule has 0 N–H and O–H groups in total. The molecular weight excluding hydrogens is 300 g/mol. The first-order valence-corrected chi connectivity index (χ1v) is 6.79. The molecule has 0 unspecified atom stereocenters. The molecule has 0 atom stereocenters. The molecule has 0 radical (unpaired) electrons. The van der Waals surface area contributed by atoms with E-state index in [1.54, 1.807) is 6.20 Å². The molecule has 0 aliphatic carbocycles. The second-order valence-corrected chi connectivity index (χ2v) is 5.18. The van der Waals surface area contributed by atoms with Crippen molar-refractivity contribution in [2.45, 2.75) is 30.5 Å². The van der Waals surface area contributed by atoms with E-state index in [2.05, 4.69) is 35.9 Å². The van der Waals surface area contributed by atoms with Crippen LogP contribution in [0.3, 0.4) is 0 Å². The molecule has 0 bridgehead atoms. The molecule has 0 saturated carbocycles. The summed E-state index contributed by atoms with van der Waals surface area (Å²) in [6.45, 7) is 3.97. The van der Waals surface area contributed by atoms with Gasteiger partial charge in [0, 0.05) is 24.4 Å². The van der Waals surface area contributed by atoms with Gasteiger partial charge in [-0.1, -0.05) is 6.92 Å². The number of aromatic nitrogens is 4. The number of halogens is 1. The largest absolute Gasteiger partial charge is 0.231 e. The van der Waals surface area contributed by atoms with E-state index in [4.69, 9.17) is 0 Å². The Kier molecular flexibility index (Phi) is 4.06. The summed E-state index contributed by atoms with van der Waals surface area (Å²) in [5, 5.41) is 1.56. The van der Waals surface area contributed by atoms with Crippen LogP contribution in [0.5, 0.6) is 0 Å². The summed E-state index contributed by atoms with van der Waals surface area (Å²) in [7, 11) is 0. The van der Waals surface area contributed by atoms with Gasteiger partial charge in [0.15, 0.2) is 5.16 Å². The Morgan fingerprint density at radius 2 is 2.12 bits per heavy atom. The van der Waals surface area contributed by atoms with Gasteiger partial charge in [-0.15, -0.1) is 0 Å². The van der Waals surface area contributed by atoms with Crippen molar-refractivity contribution in [3.8, 4) is 0 Å². The lowest BCUT2D eigenvalue weighted by molar-refractivity contribution is 0.869. The van der Waals surface area contributed by atoms with Crippen LogP contribution in [-0.4, -0.2) is 19.9 Å². The van der Waals surface area contributed by atoms with Gasteiger partial charge in [0.25, 0.3) is 0 Å². The maximum absolute atomic E-state index is 4.42. The lowest BCUT2D eigenvalue weighted by atomic mass is 10.4. The molecule has 0 saturated heterocycles. The Hall–Kier alpha value is -1.01. The van der Waals surface area contributed by atoms with Gasteiger partial charge in [0.2, 0.25) is 0 Å². The first-order chi connectivity index (χ1) is 8.17.